The van der Waals surface area contributed by atoms with Gasteiger partial charge >= 0.3 is 0 Å². The van der Waals surface area contributed by atoms with Crippen LogP contribution in [0.15, 0.2) is 52.5 Å². The van der Waals surface area contributed by atoms with Crippen LogP contribution in [0.3, 0.4) is 0 Å². The van der Waals surface area contributed by atoms with Crippen LogP contribution in [0.4, 0.5) is 0 Å². The number of likely N-dealkylation sites (N-methyl/N-ethyl adjacent to an activating group) is 1. The molecule has 4 aromatic heterocycles. The zero-order valence-corrected chi connectivity index (χ0v) is 17.6. The highest BCUT2D eigenvalue weighted by molar-refractivity contribution is 7.23. The van der Waals surface area contributed by atoms with Crippen LogP contribution in [0.1, 0.15) is 17.1 Å². The monoisotopic (exact) mass is 411 g/mol. The second-order valence-electron chi connectivity index (χ2n) is 6.66. The SMILES string of the molecule is Cc1nc(-c2ccc(-c3cccs3)s2)n(CC(=O)N(C)Cc2ccco2)c1C. The second kappa shape index (κ2) is 7.77. The number of carbonyl (C=O) groups excluding carboxylic acids is 1. The lowest BCUT2D eigenvalue weighted by molar-refractivity contribution is -0.131. The third-order valence-electron chi connectivity index (χ3n) is 4.74. The fourth-order valence-corrected chi connectivity index (χ4v) is 4.86. The Kier molecular flexibility index (Phi) is 5.19. The van der Waals surface area contributed by atoms with E-state index in [0.29, 0.717) is 6.54 Å². The molecule has 4 heterocycles. The first-order valence-electron chi connectivity index (χ1n) is 8.97. The quantitative estimate of drug-likeness (QED) is 0.438. The highest BCUT2D eigenvalue weighted by Gasteiger charge is 2.19. The van der Waals surface area contributed by atoms with Gasteiger partial charge in [0.25, 0.3) is 0 Å². The number of hydrogen-bond donors (Lipinski definition) is 0. The predicted octanol–water partition coefficient (Wildman–Crippen LogP) is 5.21. The van der Waals surface area contributed by atoms with E-state index in [0.717, 1.165) is 27.8 Å². The second-order valence-corrected chi connectivity index (χ2v) is 8.69. The number of aryl methyl sites for hydroxylation is 1. The minimum atomic E-state index is 0.0215. The average Bonchev–Trinajstić information content (AvgIpc) is 3.45. The van der Waals surface area contributed by atoms with Gasteiger partial charge in [-0.2, -0.15) is 0 Å². The number of carbonyl (C=O) groups is 1. The van der Waals surface area contributed by atoms with Gasteiger partial charge in [-0.3, -0.25) is 4.79 Å². The van der Waals surface area contributed by atoms with E-state index in [2.05, 4.69) is 29.6 Å². The van der Waals surface area contributed by atoms with Gasteiger partial charge in [0.2, 0.25) is 5.91 Å². The van der Waals surface area contributed by atoms with Crippen molar-refractivity contribution in [1.82, 2.24) is 14.5 Å². The van der Waals surface area contributed by atoms with Crippen molar-refractivity contribution < 1.29 is 9.21 Å². The Bertz CT molecular complexity index is 1080. The molecule has 7 heteroatoms. The summed E-state index contributed by atoms with van der Waals surface area (Å²) < 4.78 is 7.37. The third kappa shape index (κ3) is 3.68. The maximum absolute atomic E-state index is 12.8. The van der Waals surface area contributed by atoms with Crippen LogP contribution in [-0.2, 0) is 17.9 Å². The van der Waals surface area contributed by atoms with Gasteiger partial charge in [-0.15, -0.1) is 22.7 Å². The van der Waals surface area contributed by atoms with Gasteiger partial charge in [0.15, 0.2) is 5.82 Å². The lowest BCUT2D eigenvalue weighted by atomic mass is 10.3. The molecule has 0 atom stereocenters. The fraction of sp³-hybridized carbons (Fsp3) is 0.238. The van der Waals surface area contributed by atoms with Crippen LogP contribution in [0.2, 0.25) is 0 Å². The number of furan rings is 1. The minimum absolute atomic E-state index is 0.0215. The van der Waals surface area contributed by atoms with Gasteiger partial charge in [-0.1, -0.05) is 6.07 Å². The van der Waals surface area contributed by atoms with E-state index >= 15 is 0 Å². The molecule has 0 unspecified atom stereocenters. The molecule has 0 N–H and O–H groups in total. The summed E-state index contributed by atoms with van der Waals surface area (Å²) in [7, 11) is 1.80. The summed E-state index contributed by atoms with van der Waals surface area (Å²) in [5.41, 5.74) is 1.96. The van der Waals surface area contributed by atoms with Crippen LogP contribution >= 0.6 is 22.7 Å². The Morgan fingerprint density at radius 3 is 2.68 bits per heavy atom. The van der Waals surface area contributed by atoms with E-state index in [4.69, 9.17) is 9.40 Å². The van der Waals surface area contributed by atoms with E-state index in [9.17, 15) is 4.79 Å². The molecule has 0 saturated carbocycles. The molecule has 0 spiro atoms. The van der Waals surface area contributed by atoms with Crippen molar-refractivity contribution in [3.05, 3.63) is 65.2 Å². The van der Waals surface area contributed by atoms with Crippen molar-refractivity contribution in [2.24, 2.45) is 0 Å². The topological polar surface area (TPSA) is 51.3 Å². The van der Waals surface area contributed by atoms with Crippen molar-refractivity contribution in [1.29, 1.82) is 0 Å². The van der Waals surface area contributed by atoms with E-state index in [-0.39, 0.29) is 12.5 Å². The first kappa shape index (κ1) is 18.7. The zero-order valence-electron chi connectivity index (χ0n) is 16.0. The number of nitrogens with zero attached hydrogens (tertiary/aromatic N) is 3. The summed E-state index contributed by atoms with van der Waals surface area (Å²) in [6, 6.07) is 12.1. The van der Waals surface area contributed by atoms with E-state index in [1.807, 2.05) is 30.5 Å². The normalized spacial score (nSPS) is 11.1. The molecule has 0 bridgehead atoms. The molecule has 144 valence electrons. The Labute approximate surface area is 171 Å². The Morgan fingerprint density at radius 2 is 1.96 bits per heavy atom. The van der Waals surface area contributed by atoms with E-state index in [1.54, 1.807) is 40.9 Å². The molecule has 0 fully saturated rings. The first-order valence-corrected chi connectivity index (χ1v) is 10.7. The van der Waals surface area contributed by atoms with Crippen molar-refractivity contribution in [2.45, 2.75) is 26.9 Å². The number of thiophene rings is 2. The molecule has 0 radical (unpaired) electrons. The van der Waals surface area contributed by atoms with Crippen LogP contribution < -0.4 is 0 Å². The maximum atomic E-state index is 12.8. The summed E-state index contributed by atoms with van der Waals surface area (Å²) in [6.45, 7) is 4.71. The standard InChI is InChI=1S/C21H21N3O2S2/c1-14-15(2)24(13-20(25)23(3)12-16-6-4-10-26-16)21(22-14)19-9-8-18(28-19)17-7-5-11-27-17/h4-11H,12-13H2,1-3H3. The molecule has 1 amide bonds. The van der Waals surface area contributed by atoms with E-state index < -0.39 is 0 Å². The highest BCUT2D eigenvalue weighted by atomic mass is 32.1. The molecule has 0 aliphatic carbocycles. The Morgan fingerprint density at radius 1 is 1.14 bits per heavy atom. The summed E-state index contributed by atoms with van der Waals surface area (Å²) >= 11 is 3.43. The lowest BCUT2D eigenvalue weighted by Crippen LogP contribution is -2.30. The number of hydrogen-bond acceptors (Lipinski definition) is 5. The smallest absolute Gasteiger partial charge is 0.242 e. The molecule has 4 aromatic rings. The maximum Gasteiger partial charge on any atom is 0.242 e. The van der Waals surface area contributed by atoms with Crippen LogP contribution in [0, 0.1) is 13.8 Å². The molecule has 0 aliphatic rings. The molecule has 5 nitrogen and oxygen atoms in total. The van der Waals surface area contributed by atoms with Crippen molar-refractivity contribution >= 4 is 28.6 Å². The van der Waals surface area contributed by atoms with Gasteiger partial charge in [0, 0.05) is 22.5 Å². The molecule has 0 saturated heterocycles. The van der Waals surface area contributed by atoms with Gasteiger partial charge in [0.05, 0.1) is 23.4 Å². The summed E-state index contributed by atoms with van der Waals surface area (Å²) in [5, 5.41) is 2.08. The van der Waals surface area contributed by atoms with Gasteiger partial charge in [0.1, 0.15) is 12.3 Å². The first-order chi connectivity index (χ1) is 13.5. The molecule has 0 aromatic carbocycles. The van der Waals surface area contributed by atoms with Crippen LogP contribution in [0.5, 0.6) is 0 Å². The molecule has 28 heavy (non-hydrogen) atoms. The number of rotatable bonds is 6. The largest absolute Gasteiger partial charge is 0.467 e. The Hall–Kier alpha value is -2.64. The van der Waals surface area contributed by atoms with Crippen molar-refractivity contribution in [3.8, 4) is 20.5 Å². The molecular formula is C21H21N3O2S2. The molecule has 4 rings (SSSR count). The minimum Gasteiger partial charge on any atom is -0.467 e. The van der Waals surface area contributed by atoms with Crippen molar-refractivity contribution in [2.75, 3.05) is 7.05 Å². The Balaban J connectivity index is 1.59. The number of aromatic nitrogens is 2. The van der Waals surface area contributed by atoms with E-state index in [1.165, 1.54) is 9.75 Å². The molecule has 0 aliphatic heterocycles. The van der Waals surface area contributed by atoms with Gasteiger partial charge in [-0.05, 0) is 49.6 Å². The fourth-order valence-electron chi connectivity index (χ4n) is 3.03. The third-order valence-corrected chi connectivity index (χ3v) is 6.89. The zero-order chi connectivity index (χ0) is 19.7. The highest BCUT2D eigenvalue weighted by Crippen LogP contribution is 2.36. The summed E-state index contributed by atoms with van der Waals surface area (Å²) in [5.74, 6) is 1.64. The molecular weight excluding hydrogens is 390 g/mol. The lowest BCUT2D eigenvalue weighted by Gasteiger charge is -2.17. The summed E-state index contributed by atoms with van der Waals surface area (Å²) in [4.78, 5) is 22.8. The predicted molar refractivity (Wildman–Crippen MR) is 114 cm³/mol. The summed E-state index contributed by atoms with van der Waals surface area (Å²) in [6.07, 6.45) is 1.62. The number of amides is 1. The van der Waals surface area contributed by atoms with Crippen LogP contribution in [0.25, 0.3) is 20.5 Å². The number of imidazole rings is 1. The van der Waals surface area contributed by atoms with Crippen LogP contribution in [-0.4, -0.2) is 27.4 Å². The average molecular weight is 412 g/mol. The van der Waals surface area contributed by atoms with Gasteiger partial charge in [-0.25, -0.2) is 4.98 Å². The van der Waals surface area contributed by atoms with Gasteiger partial charge < -0.3 is 13.9 Å². The van der Waals surface area contributed by atoms with Crippen molar-refractivity contribution in [3.63, 3.8) is 0 Å².